The Labute approximate surface area is 75.5 Å². The van der Waals surface area contributed by atoms with Crippen LogP contribution in [0.5, 0.6) is 5.88 Å². The van der Waals surface area contributed by atoms with Crippen molar-refractivity contribution in [2.24, 2.45) is 0 Å². The zero-order chi connectivity index (χ0) is 9.26. The van der Waals surface area contributed by atoms with Gasteiger partial charge >= 0.3 is 0 Å². The average Bonchev–Trinajstić information content (AvgIpc) is 2.92. The van der Waals surface area contributed by atoms with Crippen LogP contribution in [0.1, 0.15) is 5.56 Å². The molecular weight excluding hydrogens is 173 g/mol. The highest BCUT2D eigenvalue weighted by Crippen LogP contribution is 2.22. The molecule has 1 aromatic rings. The molecule has 4 heteroatoms. The van der Waals surface area contributed by atoms with E-state index in [-0.39, 0.29) is 17.8 Å². The summed E-state index contributed by atoms with van der Waals surface area (Å²) in [6.45, 7) is 0.726. The van der Waals surface area contributed by atoms with E-state index in [4.69, 9.17) is 9.47 Å². The van der Waals surface area contributed by atoms with Crippen LogP contribution in [-0.2, 0) is 11.2 Å². The van der Waals surface area contributed by atoms with Crippen LogP contribution in [-0.4, -0.2) is 24.8 Å². The van der Waals surface area contributed by atoms with E-state index in [9.17, 15) is 4.39 Å². The van der Waals surface area contributed by atoms with Gasteiger partial charge in [0.1, 0.15) is 0 Å². The second-order valence-electron chi connectivity index (χ2n) is 2.95. The third-order valence-electron chi connectivity index (χ3n) is 1.98. The van der Waals surface area contributed by atoms with E-state index >= 15 is 0 Å². The predicted octanol–water partition coefficient (Wildman–Crippen LogP) is 1.17. The lowest BCUT2D eigenvalue weighted by molar-refractivity contribution is 0.363. The summed E-state index contributed by atoms with van der Waals surface area (Å²) in [6, 6.07) is 1.65. The van der Waals surface area contributed by atoms with Gasteiger partial charge in [0, 0.05) is 12.6 Å². The van der Waals surface area contributed by atoms with Crippen LogP contribution in [0.15, 0.2) is 12.3 Å². The highest BCUT2D eigenvalue weighted by Gasteiger charge is 2.25. The molecule has 2 rings (SSSR count). The quantitative estimate of drug-likeness (QED) is 0.660. The number of halogens is 1. The molecule has 13 heavy (non-hydrogen) atoms. The fourth-order valence-corrected chi connectivity index (χ4v) is 1.19. The van der Waals surface area contributed by atoms with Crippen molar-refractivity contribution in [1.82, 2.24) is 4.98 Å². The first-order valence-corrected chi connectivity index (χ1v) is 4.10. The maximum absolute atomic E-state index is 13.4. The molecular formula is C9H10FNO2. The number of nitrogens with zero attached hydrogens (tertiary/aromatic N) is 1. The zero-order valence-electron chi connectivity index (χ0n) is 7.29. The Morgan fingerprint density at radius 3 is 3.15 bits per heavy atom. The molecule has 1 atom stereocenters. The molecule has 1 saturated heterocycles. The van der Waals surface area contributed by atoms with Gasteiger partial charge in [-0.3, -0.25) is 0 Å². The van der Waals surface area contributed by atoms with Crippen LogP contribution in [0, 0.1) is 5.82 Å². The summed E-state index contributed by atoms with van der Waals surface area (Å²) in [4.78, 5) is 3.75. The summed E-state index contributed by atoms with van der Waals surface area (Å²) >= 11 is 0. The number of hydrogen-bond donors (Lipinski definition) is 0. The van der Waals surface area contributed by atoms with Crippen molar-refractivity contribution in [3.63, 3.8) is 0 Å². The number of hydrogen-bond acceptors (Lipinski definition) is 3. The van der Waals surface area contributed by atoms with Crippen molar-refractivity contribution < 1.29 is 13.9 Å². The molecule has 2 heterocycles. The van der Waals surface area contributed by atoms with Crippen molar-refractivity contribution in [3.05, 3.63) is 23.6 Å². The molecule has 0 aromatic carbocycles. The molecule has 70 valence electrons. The normalized spacial score (nSPS) is 20.0. The van der Waals surface area contributed by atoms with Crippen molar-refractivity contribution in [2.75, 3.05) is 13.7 Å². The molecule has 1 aliphatic rings. The number of pyridine rings is 1. The Kier molecular flexibility index (Phi) is 2.14. The molecule has 0 radical (unpaired) electrons. The Hall–Kier alpha value is -1.16. The van der Waals surface area contributed by atoms with Crippen molar-refractivity contribution in [1.29, 1.82) is 0 Å². The fraction of sp³-hybridized carbons (Fsp3) is 0.444. The third-order valence-corrected chi connectivity index (χ3v) is 1.98. The number of methoxy groups -OCH3 is 1. The summed E-state index contributed by atoms with van der Waals surface area (Å²) in [5.41, 5.74) is 0.606. The average molecular weight is 183 g/mol. The maximum Gasteiger partial charge on any atom is 0.250 e. The van der Waals surface area contributed by atoms with Gasteiger partial charge < -0.3 is 9.47 Å². The van der Waals surface area contributed by atoms with Gasteiger partial charge in [-0.15, -0.1) is 0 Å². The molecule has 1 aliphatic heterocycles. The second kappa shape index (κ2) is 3.30. The zero-order valence-corrected chi connectivity index (χ0v) is 7.29. The topological polar surface area (TPSA) is 34.6 Å². The van der Waals surface area contributed by atoms with Crippen molar-refractivity contribution in [3.8, 4) is 5.88 Å². The summed E-state index contributed by atoms with van der Waals surface area (Å²) in [5.74, 6) is -0.321. The number of aromatic nitrogens is 1. The van der Waals surface area contributed by atoms with E-state index in [1.807, 2.05) is 0 Å². The second-order valence-corrected chi connectivity index (χ2v) is 2.95. The number of epoxide rings is 1. The summed E-state index contributed by atoms with van der Waals surface area (Å²) < 4.78 is 23.2. The minimum absolute atomic E-state index is 0.0538. The van der Waals surface area contributed by atoms with Crippen LogP contribution < -0.4 is 4.74 Å². The molecule has 0 saturated carbocycles. The van der Waals surface area contributed by atoms with Crippen LogP contribution in [0.25, 0.3) is 0 Å². The SMILES string of the molecule is COc1nccc(CC2CO2)c1F. The van der Waals surface area contributed by atoms with Gasteiger partial charge in [-0.1, -0.05) is 0 Å². The molecule has 0 N–H and O–H groups in total. The van der Waals surface area contributed by atoms with Crippen LogP contribution in [0.3, 0.4) is 0 Å². The maximum atomic E-state index is 13.4. The van der Waals surface area contributed by atoms with Gasteiger partial charge in [-0.25, -0.2) is 9.37 Å². The van der Waals surface area contributed by atoms with E-state index in [2.05, 4.69) is 4.98 Å². The Bertz CT molecular complexity index is 312. The van der Waals surface area contributed by atoms with Gasteiger partial charge in [0.15, 0.2) is 5.82 Å². The van der Waals surface area contributed by atoms with Crippen LogP contribution in [0.2, 0.25) is 0 Å². The molecule has 1 fully saturated rings. The Balaban J connectivity index is 2.22. The summed E-state index contributed by atoms with van der Waals surface area (Å²) in [7, 11) is 1.41. The Morgan fingerprint density at radius 2 is 2.54 bits per heavy atom. The predicted molar refractivity (Wildman–Crippen MR) is 44.2 cm³/mol. The minimum Gasteiger partial charge on any atom is -0.479 e. The minimum atomic E-state index is -0.375. The molecule has 1 aromatic heterocycles. The van der Waals surface area contributed by atoms with Crippen LogP contribution >= 0.6 is 0 Å². The lowest BCUT2D eigenvalue weighted by atomic mass is 10.1. The summed E-state index contributed by atoms with van der Waals surface area (Å²) in [5, 5.41) is 0. The molecule has 0 spiro atoms. The smallest absolute Gasteiger partial charge is 0.250 e. The first-order chi connectivity index (χ1) is 6.31. The van der Waals surface area contributed by atoms with Crippen LogP contribution in [0.4, 0.5) is 4.39 Å². The lowest BCUT2D eigenvalue weighted by Crippen LogP contribution is -2.00. The van der Waals surface area contributed by atoms with E-state index in [0.717, 1.165) is 6.61 Å². The first kappa shape index (κ1) is 8.44. The molecule has 0 amide bonds. The van der Waals surface area contributed by atoms with Gasteiger partial charge in [0.05, 0.1) is 19.8 Å². The van der Waals surface area contributed by atoms with E-state index in [1.54, 1.807) is 12.3 Å². The van der Waals surface area contributed by atoms with Gasteiger partial charge in [0.2, 0.25) is 5.88 Å². The highest BCUT2D eigenvalue weighted by atomic mass is 19.1. The number of ether oxygens (including phenoxy) is 2. The van der Waals surface area contributed by atoms with Gasteiger partial charge in [-0.2, -0.15) is 0 Å². The molecule has 1 unspecified atom stereocenters. The summed E-state index contributed by atoms with van der Waals surface area (Å²) in [6.07, 6.45) is 2.33. The van der Waals surface area contributed by atoms with E-state index in [0.29, 0.717) is 12.0 Å². The fourth-order valence-electron chi connectivity index (χ4n) is 1.19. The monoisotopic (exact) mass is 183 g/mol. The third kappa shape index (κ3) is 1.78. The van der Waals surface area contributed by atoms with Gasteiger partial charge in [0.25, 0.3) is 0 Å². The van der Waals surface area contributed by atoms with E-state index in [1.165, 1.54) is 7.11 Å². The number of rotatable bonds is 3. The molecule has 3 nitrogen and oxygen atoms in total. The first-order valence-electron chi connectivity index (χ1n) is 4.10. The lowest BCUT2D eigenvalue weighted by Gasteiger charge is -2.03. The van der Waals surface area contributed by atoms with Crippen molar-refractivity contribution >= 4 is 0 Å². The Morgan fingerprint density at radius 1 is 1.77 bits per heavy atom. The van der Waals surface area contributed by atoms with Crippen molar-refractivity contribution in [2.45, 2.75) is 12.5 Å². The standard InChI is InChI=1S/C9H10FNO2/c1-12-9-8(10)6(2-3-11-9)4-7-5-13-7/h2-3,7H,4-5H2,1H3. The molecule has 0 aliphatic carbocycles. The highest BCUT2D eigenvalue weighted by molar-refractivity contribution is 5.24. The van der Waals surface area contributed by atoms with E-state index < -0.39 is 0 Å². The molecule has 0 bridgehead atoms. The van der Waals surface area contributed by atoms with Gasteiger partial charge in [-0.05, 0) is 11.6 Å². The largest absolute Gasteiger partial charge is 0.479 e.